The van der Waals surface area contributed by atoms with E-state index < -0.39 is 0 Å². The van der Waals surface area contributed by atoms with E-state index in [0.717, 1.165) is 10.2 Å². The molecule has 4 heteroatoms. The monoisotopic (exact) mass is 269 g/mol. The lowest BCUT2D eigenvalue weighted by atomic mass is 9.82. The number of methoxy groups -OCH3 is 1. The minimum atomic E-state index is -0.352. The number of nitrogens with zero attached hydrogens (tertiary/aromatic N) is 1. The molecule has 0 aromatic carbocycles. The normalized spacial score (nSPS) is 15.9. The fourth-order valence-corrected chi connectivity index (χ4v) is 2.13. The van der Waals surface area contributed by atoms with E-state index >= 15 is 0 Å². The average Bonchev–Trinajstić information content (AvgIpc) is 2.14. The van der Waals surface area contributed by atoms with Gasteiger partial charge in [-0.1, -0.05) is 6.42 Å². The Bertz CT molecular complexity index is 388. The van der Waals surface area contributed by atoms with Gasteiger partial charge >= 0.3 is 5.97 Å². The lowest BCUT2D eigenvalue weighted by Gasteiger charge is -2.24. The van der Waals surface area contributed by atoms with Crippen molar-refractivity contribution in [2.75, 3.05) is 7.11 Å². The summed E-state index contributed by atoms with van der Waals surface area (Å²) in [5.41, 5.74) is 1.56. The Morgan fingerprint density at radius 3 is 2.80 bits per heavy atom. The number of halogens is 1. The summed E-state index contributed by atoms with van der Waals surface area (Å²) in [4.78, 5) is 15.6. The van der Waals surface area contributed by atoms with Gasteiger partial charge in [0.05, 0.1) is 12.7 Å². The SMILES string of the molecule is COC(=O)c1cnc(C2CCC2)cc1Br. The van der Waals surface area contributed by atoms with E-state index in [1.807, 2.05) is 6.07 Å². The van der Waals surface area contributed by atoms with E-state index in [9.17, 15) is 4.79 Å². The zero-order valence-electron chi connectivity index (χ0n) is 8.50. The second-order valence-electron chi connectivity index (χ2n) is 3.71. The van der Waals surface area contributed by atoms with Gasteiger partial charge in [0.25, 0.3) is 0 Å². The van der Waals surface area contributed by atoms with E-state index in [1.54, 1.807) is 6.20 Å². The van der Waals surface area contributed by atoms with E-state index in [-0.39, 0.29) is 5.97 Å². The summed E-state index contributed by atoms with van der Waals surface area (Å²) in [6, 6.07) is 1.93. The first-order chi connectivity index (χ1) is 7.22. The van der Waals surface area contributed by atoms with Gasteiger partial charge in [0.15, 0.2) is 0 Å². The van der Waals surface area contributed by atoms with Crippen molar-refractivity contribution in [1.29, 1.82) is 0 Å². The molecular weight excluding hydrogens is 258 g/mol. The Morgan fingerprint density at radius 2 is 2.33 bits per heavy atom. The molecule has 1 aliphatic rings. The summed E-state index contributed by atoms with van der Waals surface area (Å²) in [5, 5.41) is 0. The Hall–Kier alpha value is -0.900. The van der Waals surface area contributed by atoms with E-state index in [0.29, 0.717) is 11.5 Å². The van der Waals surface area contributed by atoms with Gasteiger partial charge in [-0.05, 0) is 34.8 Å². The van der Waals surface area contributed by atoms with Crippen molar-refractivity contribution in [2.24, 2.45) is 0 Å². The quantitative estimate of drug-likeness (QED) is 0.776. The molecule has 0 spiro atoms. The van der Waals surface area contributed by atoms with E-state index in [4.69, 9.17) is 0 Å². The van der Waals surface area contributed by atoms with Crippen molar-refractivity contribution in [3.05, 3.63) is 28.0 Å². The van der Waals surface area contributed by atoms with Crippen molar-refractivity contribution in [3.63, 3.8) is 0 Å². The summed E-state index contributed by atoms with van der Waals surface area (Å²) in [5.74, 6) is 0.225. The lowest BCUT2D eigenvalue weighted by molar-refractivity contribution is 0.0599. The van der Waals surface area contributed by atoms with Crippen molar-refractivity contribution in [1.82, 2.24) is 4.98 Å². The summed E-state index contributed by atoms with van der Waals surface area (Å²) in [6.07, 6.45) is 5.28. The van der Waals surface area contributed by atoms with Crippen molar-refractivity contribution >= 4 is 21.9 Å². The van der Waals surface area contributed by atoms with Gasteiger partial charge in [-0.25, -0.2) is 4.79 Å². The molecule has 1 heterocycles. The van der Waals surface area contributed by atoms with Gasteiger partial charge in [-0.3, -0.25) is 4.98 Å². The molecule has 1 fully saturated rings. The zero-order valence-corrected chi connectivity index (χ0v) is 10.1. The van der Waals surface area contributed by atoms with Crippen LogP contribution in [0.1, 0.15) is 41.2 Å². The maximum atomic E-state index is 11.3. The Morgan fingerprint density at radius 1 is 1.60 bits per heavy atom. The number of hydrogen-bond acceptors (Lipinski definition) is 3. The Labute approximate surface area is 97.0 Å². The molecule has 0 atom stereocenters. The van der Waals surface area contributed by atoms with Gasteiger partial charge < -0.3 is 4.74 Å². The first-order valence-electron chi connectivity index (χ1n) is 4.96. The average molecular weight is 270 g/mol. The maximum absolute atomic E-state index is 11.3. The fourth-order valence-electron chi connectivity index (χ4n) is 1.63. The van der Waals surface area contributed by atoms with Crippen LogP contribution in [0.15, 0.2) is 16.7 Å². The predicted molar refractivity (Wildman–Crippen MR) is 59.9 cm³/mol. The number of esters is 1. The molecule has 80 valence electrons. The molecule has 2 rings (SSSR count). The number of hydrogen-bond donors (Lipinski definition) is 0. The standard InChI is InChI=1S/C11H12BrNO2/c1-15-11(14)8-6-13-10(5-9(8)12)7-3-2-4-7/h5-7H,2-4H2,1H3. The molecule has 1 aromatic heterocycles. The number of carbonyl (C=O) groups is 1. The molecule has 0 saturated heterocycles. The molecule has 0 unspecified atom stereocenters. The molecule has 0 aliphatic heterocycles. The zero-order chi connectivity index (χ0) is 10.8. The predicted octanol–water partition coefficient (Wildman–Crippen LogP) is 2.90. The number of ether oxygens (including phenoxy) is 1. The summed E-state index contributed by atoms with van der Waals surface area (Å²) in [7, 11) is 1.37. The number of aromatic nitrogens is 1. The van der Waals surface area contributed by atoms with Crippen LogP contribution in [-0.2, 0) is 4.74 Å². The first kappa shape index (κ1) is 10.6. The van der Waals surface area contributed by atoms with Gasteiger partial charge in [0, 0.05) is 22.3 Å². The largest absolute Gasteiger partial charge is 0.465 e. The Balaban J connectivity index is 2.25. The molecule has 15 heavy (non-hydrogen) atoms. The van der Waals surface area contributed by atoms with Gasteiger partial charge in [-0.15, -0.1) is 0 Å². The van der Waals surface area contributed by atoms with Crippen LogP contribution in [0.2, 0.25) is 0 Å². The highest BCUT2D eigenvalue weighted by Gasteiger charge is 2.22. The highest BCUT2D eigenvalue weighted by atomic mass is 79.9. The Kier molecular flexibility index (Phi) is 3.05. The van der Waals surface area contributed by atoms with Crippen molar-refractivity contribution in [2.45, 2.75) is 25.2 Å². The minimum Gasteiger partial charge on any atom is -0.465 e. The molecule has 0 radical (unpaired) electrons. The fraction of sp³-hybridized carbons (Fsp3) is 0.455. The van der Waals surface area contributed by atoms with Crippen LogP contribution in [0.5, 0.6) is 0 Å². The third-order valence-corrected chi connectivity index (χ3v) is 3.46. The van der Waals surface area contributed by atoms with Crippen LogP contribution in [0.4, 0.5) is 0 Å². The third kappa shape index (κ3) is 2.04. The molecule has 0 N–H and O–H groups in total. The molecular formula is C11H12BrNO2. The molecule has 1 aromatic rings. The lowest BCUT2D eigenvalue weighted by Crippen LogP contribution is -2.12. The number of rotatable bonds is 2. The maximum Gasteiger partial charge on any atom is 0.340 e. The molecule has 3 nitrogen and oxygen atoms in total. The van der Waals surface area contributed by atoms with Gasteiger partial charge in [-0.2, -0.15) is 0 Å². The van der Waals surface area contributed by atoms with E-state index in [1.165, 1.54) is 26.4 Å². The van der Waals surface area contributed by atoms with Crippen LogP contribution in [-0.4, -0.2) is 18.1 Å². The summed E-state index contributed by atoms with van der Waals surface area (Å²) >= 11 is 3.37. The highest BCUT2D eigenvalue weighted by molar-refractivity contribution is 9.10. The summed E-state index contributed by atoms with van der Waals surface area (Å²) < 4.78 is 5.42. The molecule has 0 amide bonds. The van der Waals surface area contributed by atoms with Crippen molar-refractivity contribution in [3.8, 4) is 0 Å². The van der Waals surface area contributed by atoms with Crippen LogP contribution < -0.4 is 0 Å². The van der Waals surface area contributed by atoms with Crippen LogP contribution in [0.3, 0.4) is 0 Å². The molecule has 1 aliphatic carbocycles. The smallest absolute Gasteiger partial charge is 0.340 e. The van der Waals surface area contributed by atoms with Crippen molar-refractivity contribution < 1.29 is 9.53 Å². The second kappa shape index (κ2) is 4.31. The minimum absolute atomic E-state index is 0.352. The highest BCUT2D eigenvalue weighted by Crippen LogP contribution is 2.36. The van der Waals surface area contributed by atoms with Crippen LogP contribution in [0, 0.1) is 0 Å². The number of pyridine rings is 1. The first-order valence-corrected chi connectivity index (χ1v) is 5.75. The topological polar surface area (TPSA) is 39.2 Å². The molecule has 1 saturated carbocycles. The second-order valence-corrected chi connectivity index (χ2v) is 4.56. The van der Waals surface area contributed by atoms with Gasteiger partial charge in [0.2, 0.25) is 0 Å². The third-order valence-electron chi connectivity index (χ3n) is 2.80. The van der Waals surface area contributed by atoms with E-state index in [2.05, 4.69) is 25.7 Å². The van der Waals surface area contributed by atoms with Crippen LogP contribution in [0.25, 0.3) is 0 Å². The van der Waals surface area contributed by atoms with Crippen LogP contribution >= 0.6 is 15.9 Å². The van der Waals surface area contributed by atoms with Gasteiger partial charge in [0.1, 0.15) is 0 Å². The summed E-state index contributed by atoms with van der Waals surface area (Å²) in [6.45, 7) is 0. The molecule has 0 bridgehead atoms. The number of carbonyl (C=O) groups excluding carboxylic acids is 1.